The molecule has 1 aliphatic rings. The van der Waals surface area contributed by atoms with Crippen molar-refractivity contribution in [2.24, 2.45) is 5.92 Å². The van der Waals surface area contributed by atoms with E-state index in [1.807, 2.05) is 12.1 Å². The molecule has 1 aromatic rings. The maximum Gasteiger partial charge on any atom is 0.310 e. The van der Waals surface area contributed by atoms with Crippen LogP contribution in [0.5, 0.6) is 0 Å². The monoisotopic (exact) mass is 289 g/mol. The summed E-state index contributed by atoms with van der Waals surface area (Å²) >= 11 is 0. The highest BCUT2D eigenvalue weighted by Gasteiger charge is 2.29. The summed E-state index contributed by atoms with van der Waals surface area (Å²) in [7, 11) is 3.14. The topological polar surface area (TPSA) is 46.6 Å². The first-order valence-electron chi connectivity index (χ1n) is 7.45. The van der Waals surface area contributed by atoms with Crippen LogP contribution in [-0.2, 0) is 20.7 Å². The largest absolute Gasteiger partial charge is 0.469 e. The molecule has 0 aromatic heterocycles. The van der Waals surface area contributed by atoms with Gasteiger partial charge in [-0.3, -0.25) is 9.59 Å². The van der Waals surface area contributed by atoms with E-state index >= 15 is 0 Å². The summed E-state index contributed by atoms with van der Waals surface area (Å²) in [4.78, 5) is 25.8. The van der Waals surface area contributed by atoms with Crippen molar-refractivity contribution in [3.63, 3.8) is 0 Å². The van der Waals surface area contributed by atoms with Gasteiger partial charge in [-0.2, -0.15) is 0 Å². The van der Waals surface area contributed by atoms with E-state index in [-0.39, 0.29) is 23.7 Å². The zero-order valence-corrected chi connectivity index (χ0v) is 13.0. The first kappa shape index (κ1) is 15.5. The van der Waals surface area contributed by atoms with Gasteiger partial charge in [0.1, 0.15) is 0 Å². The molecule has 1 amide bonds. The van der Waals surface area contributed by atoms with Crippen LogP contribution in [0.1, 0.15) is 36.8 Å². The third-order valence-corrected chi connectivity index (χ3v) is 4.20. The molecular weight excluding hydrogens is 266 g/mol. The molecule has 4 heteroatoms. The number of hydrogen-bond acceptors (Lipinski definition) is 3. The van der Waals surface area contributed by atoms with Gasteiger partial charge >= 0.3 is 5.97 Å². The molecule has 0 heterocycles. The second kappa shape index (κ2) is 6.74. The molecule has 0 N–H and O–H groups in total. The zero-order chi connectivity index (χ0) is 15.4. The number of benzene rings is 1. The van der Waals surface area contributed by atoms with E-state index in [0.717, 1.165) is 24.8 Å². The number of carbonyl (C=O) groups excluding carboxylic acids is 2. The van der Waals surface area contributed by atoms with Crippen molar-refractivity contribution >= 4 is 11.9 Å². The molecule has 0 aliphatic heterocycles. The summed E-state index contributed by atoms with van der Waals surface area (Å²) in [6, 6.07) is 8.16. The van der Waals surface area contributed by atoms with Crippen LogP contribution in [0.2, 0.25) is 0 Å². The van der Waals surface area contributed by atoms with Gasteiger partial charge in [0.05, 0.1) is 18.9 Å². The standard InChI is InChI=1S/C17H23NO3/c1-12(17(20)21-3)11-18(2)16(19)15-10-6-8-13-7-4-5-9-14(13)15/h4-5,7,9,12,15H,6,8,10-11H2,1-3H3. The average Bonchev–Trinajstić information content (AvgIpc) is 2.52. The van der Waals surface area contributed by atoms with Crippen LogP contribution in [-0.4, -0.2) is 37.5 Å². The Kier molecular flexibility index (Phi) is 4.99. The number of methoxy groups -OCH3 is 1. The second-order valence-corrected chi connectivity index (χ2v) is 5.79. The van der Waals surface area contributed by atoms with Gasteiger partial charge in [-0.15, -0.1) is 0 Å². The predicted molar refractivity (Wildman–Crippen MR) is 80.9 cm³/mol. The Hall–Kier alpha value is -1.84. The van der Waals surface area contributed by atoms with Crippen molar-refractivity contribution in [1.82, 2.24) is 4.90 Å². The number of carbonyl (C=O) groups is 2. The molecule has 2 rings (SSSR count). The van der Waals surface area contributed by atoms with E-state index in [4.69, 9.17) is 4.74 Å². The van der Waals surface area contributed by atoms with Gasteiger partial charge in [-0.25, -0.2) is 0 Å². The number of likely N-dealkylation sites (N-methyl/N-ethyl adjacent to an activating group) is 1. The summed E-state index contributed by atoms with van der Waals surface area (Å²) in [5, 5.41) is 0. The van der Waals surface area contributed by atoms with Crippen molar-refractivity contribution in [3.05, 3.63) is 35.4 Å². The molecule has 2 atom stereocenters. The fraction of sp³-hybridized carbons (Fsp3) is 0.529. The van der Waals surface area contributed by atoms with E-state index in [9.17, 15) is 9.59 Å². The molecule has 0 saturated heterocycles. The molecule has 21 heavy (non-hydrogen) atoms. The normalized spacial score (nSPS) is 18.5. The van der Waals surface area contributed by atoms with Crippen LogP contribution in [0, 0.1) is 5.92 Å². The Bertz CT molecular complexity index is 527. The summed E-state index contributed by atoms with van der Waals surface area (Å²) in [6.07, 6.45) is 2.96. The maximum atomic E-state index is 12.7. The third-order valence-electron chi connectivity index (χ3n) is 4.20. The second-order valence-electron chi connectivity index (χ2n) is 5.79. The molecule has 4 nitrogen and oxygen atoms in total. The highest BCUT2D eigenvalue weighted by Crippen LogP contribution is 2.32. The van der Waals surface area contributed by atoms with Gasteiger partial charge in [-0.05, 0) is 30.4 Å². The minimum absolute atomic E-state index is 0.0789. The molecule has 0 bridgehead atoms. The highest BCUT2D eigenvalue weighted by molar-refractivity contribution is 5.84. The Labute approximate surface area is 126 Å². The molecular formula is C17H23NO3. The molecule has 0 spiro atoms. The molecule has 0 fully saturated rings. The van der Waals surface area contributed by atoms with Crippen LogP contribution in [0.3, 0.4) is 0 Å². The minimum atomic E-state index is -0.303. The van der Waals surface area contributed by atoms with Gasteiger partial charge in [0.2, 0.25) is 5.91 Å². The van der Waals surface area contributed by atoms with E-state index < -0.39 is 0 Å². The Morgan fingerprint density at radius 3 is 2.81 bits per heavy atom. The van der Waals surface area contributed by atoms with Crippen LogP contribution in [0.25, 0.3) is 0 Å². The number of amides is 1. The van der Waals surface area contributed by atoms with Gasteiger partial charge in [0.25, 0.3) is 0 Å². The van der Waals surface area contributed by atoms with Crippen molar-refractivity contribution in [3.8, 4) is 0 Å². The quantitative estimate of drug-likeness (QED) is 0.800. The number of fused-ring (bicyclic) bond motifs is 1. The van der Waals surface area contributed by atoms with E-state index in [1.54, 1.807) is 18.9 Å². The SMILES string of the molecule is COC(=O)C(C)CN(C)C(=O)C1CCCc2ccccc21. The molecule has 2 unspecified atom stereocenters. The zero-order valence-electron chi connectivity index (χ0n) is 13.0. The van der Waals surface area contributed by atoms with Gasteiger partial charge in [0, 0.05) is 13.6 Å². The number of esters is 1. The molecule has 1 aromatic carbocycles. The summed E-state index contributed by atoms with van der Waals surface area (Å²) < 4.78 is 4.72. The molecule has 0 radical (unpaired) electrons. The van der Waals surface area contributed by atoms with Crippen LogP contribution < -0.4 is 0 Å². The van der Waals surface area contributed by atoms with Gasteiger partial charge < -0.3 is 9.64 Å². The summed E-state index contributed by atoms with van der Waals surface area (Å²) in [6.45, 7) is 2.18. The minimum Gasteiger partial charge on any atom is -0.469 e. The maximum absolute atomic E-state index is 12.7. The summed E-state index contributed by atoms with van der Waals surface area (Å²) in [5.74, 6) is -0.566. The third kappa shape index (κ3) is 3.43. The smallest absolute Gasteiger partial charge is 0.310 e. The predicted octanol–water partition coefficient (Wildman–Crippen LogP) is 2.37. The highest BCUT2D eigenvalue weighted by atomic mass is 16.5. The number of aryl methyl sites for hydroxylation is 1. The Balaban J connectivity index is 2.08. The van der Waals surface area contributed by atoms with Crippen molar-refractivity contribution in [2.75, 3.05) is 20.7 Å². The fourth-order valence-corrected chi connectivity index (χ4v) is 3.05. The average molecular weight is 289 g/mol. The fourth-order valence-electron chi connectivity index (χ4n) is 3.05. The number of hydrogen-bond donors (Lipinski definition) is 0. The van der Waals surface area contributed by atoms with Crippen LogP contribution in [0.4, 0.5) is 0 Å². The Morgan fingerprint density at radius 2 is 2.10 bits per heavy atom. The van der Waals surface area contributed by atoms with Crippen LogP contribution >= 0.6 is 0 Å². The lowest BCUT2D eigenvalue weighted by Gasteiger charge is -2.29. The van der Waals surface area contributed by atoms with Gasteiger partial charge in [0.15, 0.2) is 0 Å². The lowest BCUT2D eigenvalue weighted by molar-refractivity contribution is -0.146. The lowest BCUT2D eigenvalue weighted by Crippen LogP contribution is -2.38. The molecule has 0 saturated carbocycles. The van der Waals surface area contributed by atoms with Gasteiger partial charge in [-0.1, -0.05) is 31.2 Å². The molecule has 114 valence electrons. The number of ether oxygens (including phenoxy) is 1. The van der Waals surface area contributed by atoms with Crippen molar-refractivity contribution in [2.45, 2.75) is 32.1 Å². The van der Waals surface area contributed by atoms with E-state index in [0.29, 0.717) is 6.54 Å². The van der Waals surface area contributed by atoms with Crippen LogP contribution in [0.15, 0.2) is 24.3 Å². The Morgan fingerprint density at radius 1 is 1.38 bits per heavy atom. The lowest BCUT2D eigenvalue weighted by atomic mass is 9.82. The van der Waals surface area contributed by atoms with Crippen molar-refractivity contribution < 1.29 is 14.3 Å². The molecule has 1 aliphatic carbocycles. The number of nitrogens with zero attached hydrogens (tertiary/aromatic N) is 1. The summed E-state index contributed by atoms with van der Waals surface area (Å²) in [5.41, 5.74) is 2.42. The number of rotatable bonds is 4. The first-order chi connectivity index (χ1) is 10.0. The van der Waals surface area contributed by atoms with Crippen molar-refractivity contribution in [1.29, 1.82) is 0 Å². The van der Waals surface area contributed by atoms with E-state index in [1.165, 1.54) is 12.7 Å². The first-order valence-corrected chi connectivity index (χ1v) is 7.45. The van der Waals surface area contributed by atoms with E-state index in [2.05, 4.69) is 12.1 Å².